The van der Waals surface area contributed by atoms with Crippen molar-refractivity contribution in [1.29, 1.82) is 0 Å². The number of H-pyrrole nitrogens is 2. The Balaban J connectivity index is 0.00000387. The Morgan fingerprint density at radius 3 is 1.51 bits per heavy atom. The maximum absolute atomic E-state index is 5.57. The Morgan fingerprint density at radius 1 is 0.488 bits per heavy atom. The zero-order valence-corrected chi connectivity index (χ0v) is 28.9. The monoisotopic (exact) mass is 603 g/mol. The second-order valence-electron chi connectivity index (χ2n) is 10.9. The molecule has 5 heterocycles. The van der Waals surface area contributed by atoms with Crippen LogP contribution in [0.4, 0.5) is 0 Å². The van der Waals surface area contributed by atoms with Crippen molar-refractivity contribution in [3.8, 4) is 0 Å². The first-order chi connectivity index (χ1) is 19.5. The van der Waals surface area contributed by atoms with Crippen LogP contribution in [-0.2, 0) is 25.7 Å². The molecule has 0 saturated carbocycles. The number of aromatic nitrogens is 4. The fourth-order valence-electron chi connectivity index (χ4n) is 7.07. The zero-order chi connectivity index (χ0) is 28.6. The molecule has 3 aromatic rings. The van der Waals surface area contributed by atoms with Crippen molar-refractivity contribution in [1.82, 2.24) is 19.9 Å². The molecule has 41 heavy (non-hydrogen) atoms. The molecule has 0 atom stereocenters. The Hall–Kier alpha value is -2.76. The van der Waals surface area contributed by atoms with Crippen LogP contribution in [-0.4, -0.2) is 39.7 Å². The van der Waals surface area contributed by atoms with Gasteiger partial charge in [-0.15, -0.1) is 0 Å². The minimum absolute atomic E-state index is 0. The van der Waals surface area contributed by atoms with Gasteiger partial charge in [0.05, 0.1) is 22.8 Å². The van der Waals surface area contributed by atoms with Gasteiger partial charge in [0.25, 0.3) is 0 Å². The van der Waals surface area contributed by atoms with Crippen LogP contribution in [0.25, 0.3) is 44.4 Å². The number of aryl methyl sites for hydroxylation is 3. The van der Waals surface area contributed by atoms with Crippen LogP contribution in [0.15, 0.2) is 24.3 Å². The molecule has 0 fully saturated rings. The third-order valence-electron chi connectivity index (χ3n) is 8.91. The normalized spacial score (nSPS) is 13.3. The molecule has 5 rings (SSSR count). The van der Waals surface area contributed by atoms with Crippen LogP contribution in [0.1, 0.15) is 126 Å². The number of allylic oxidation sites excluding steroid dienone is 4. The van der Waals surface area contributed by atoms with Gasteiger partial charge in [-0.3, -0.25) is 0 Å². The zero-order valence-electron chi connectivity index (χ0n) is 26.4. The van der Waals surface area contributed by atoms with Crippen molar-refractivity contribution in [2.75, 3.05) is 0 Å². The van der Waals surface area contributed by atoms with E-state index < -0.39 is 0 Å². The molecule has 0 aromatic carbocycles. The van der Waals surface area contributed by atoms with E-state index in [0.717, 1.165) is 73.8 Å². The number of rotatable bonds is 8. The number of fused-ring (bicyclic) bond motifs is 8. The first-order valence-electron chi connectivity index (χ1n) is 15.7. The summed E-state index contributed by atoms with van der Waals surface area (Å²) in [5.74, 6) is 0. The van der Waals surface area contributed by atoms with Crippen LogP contribution < -0.4 is 0 Å². The van der Waals surface area contributed by atoms with E-state index in [4.69, 9.17) is 9.97 Å². The van der Waals surface area contributed by atoms with Gasteiger partial charge < -0.3 is 9.97 Å². The van der Waals surface area contributed by atoms with Gasteiger partial charge in [-0.2, -0.15) is 0 Å². The Bertz CT molecular complexity index is 1680. The quantitative estimate of drug-likeness (QED) is 0.252. The van der Waals surface area contributed by atoms with Gasteiger partial charge in [0, 0.05) is 53.0 Å². The van der Waals surface area contributed by atoms with E-state index in [0.29, 0.717) is 0 Å². The standard InChI is InChI=1S/C36H46N4.Ga/c1-9-23-25(11-3)33-29(15-7)35-27(13-5)28(14-6)36(40-35)30(16-8)34-26(12-4)24(10-2)32(39-34)20-22-18-17-21(37-22)19-31(23)38-33;/h17-20,37-38H,9-16H2,1-8H3;. The SMILES string of the molecule is CCC1=C(CC)c2nc1cc1ccc(cc3[nH]c(c(CC)c4nc(c2CC)C(CC)=C4CC)c(CC)c3CC)[nH]1.[Ga]. The van der Waals surface area contributed by atoms with E-state index in [1.165, 1.54) is 67.0 Å². The van der Waals surface area contributed by atoms with Gasteiger partial charge in [-0.05, 0) is 109 Å². The predicted octanol–water partition coefficient (Wildman–Crippen LogP) is 9.65. The van der Waals surface area contributed by atoms with E-state index in [1.807, 2.05) is 0 Å². The summed E-state index contributed by atoms with van der Waals surface area (Å²) < 4.78 is 0. The summed E-state index contributed by atoms with van der Waals surface area (Å²) in [5, 5.41) is 0. The number of aromatic amines is 2. The third-order valence-corrected chi connectivity index (χ3v) is 8.91. The van der Waals surface area contributed by atoms with Gasteiger partial charge in [-0.1, -0.05) is 55.4 Å². The van der Waals surface area contributed by atoms with Crippen LogP contribution in [0, 0.1) is 0 Å². The van der Waals surface area contributed by atoms with Gasteiger partial charge in [0.15, 0.2) is 0 Å². The molecule has 4 nitrogen and oxygen atoms in total. The van der Waals surface area contributed by atoms with Gasteiger partial charge in [-0.25, -0.2) is 9.97 Å². The molecule has 0 unspecified atom stereocenters. The van der Waals surface area contributed by atoms with Crippen LogP contribution >= 0.6 is 0 Å². The molecule has 0 aliphatic carbocycles. The molecule has 2 aliphatic heterocycles. The van der Waals surface area contributed by atoms with Crippen LogP contribution in [0.2, 0.25) is 0 Å². The van der Waals surface area contributed by atoms with Crippen molar-refractivity contribution >= 4 is 64.1 Å². The summed E-state index contributed by atoms with van der Waals surface area (Å²) in [7, 11) is 0. The number of hydrogen-bond donors (Lipinski definition) is 2. The van der Waals surface area contributed by atoms with E-state index in [2.05, 4.69) is 89.6 Å². The minimum atomic E-state index is 0. The van der Waals surface area contributed by atoms with Crippen LogP contribution in [0.3, 0.4) is 0 Å². The predicted molar refractivity (Wildman–Crippen MR) is 179 cm³/mol. The molecule has 213 valence electrons. The molecule has 0 amide bonds. The van der Waals surface area contributed by atoms with Gasteiger partial charge in [0.2, 0.25) is 0 Å². The molecule has 8 bridgehead atoms. The average Bonchev–Trinajstić information content (AvgIpc) is 3.73. The topological polar surface area (TPSA) is 57.4 Å². The summed E-state index contributed by atoms with van der Waals surface area (Å²) in [6.07, 6.45) is 7.74. The van der Waals surface area contributed by atoms with E-state index >= 15 is 0 Å². The molecular weight excluding hydrogens is 558 g/mol. The Labute approximate surface area is 259 Å². The summed E-state index contributed by atoms with van der Waals surface area (Å²) in [6.45, 7) is 18.2. The second kappa shape index (κ2) is 13.0. The summed E-state index contributed by atoms with van der Waals surface area (Å²) in [6, 6.07) is 8.89. The largest absolute Gasteiger partial charge is 0.355 e. The molecule has 2 N–H and O–H groups in total. The Morgan fingerprint density at radius 2 is 0.976 bits per heavy atom. The molecule has 3 radical (unpaired) electrons. The summed E-state index contributed by atoms with van der Waals surface area (Å²) in [5.41, 5.74) is 20.3. The maximum Gasteiger partial charge on any atom is 0.0726 e. The van der Waals surface area contributed by atoms with Gasteiger partial charge in [0.1, 0.15) is 0 Å². The number of hydrogen-bond acceptors (Lipinski definition) is 2. The second-order valence-corrected chi connectivity index (χ2v) is 10.9. The van der Waals surface area contributed by atoms with E-state index in [1.54, 1.807) is 0 Å². The molecule has 0 spiro atoms. The smallest absolute Gasteiger partial charge is 0.0726 e. The minimum Gasteiger partial charge on any atom is -0.355 e. The van der Waals surface area contributed by atoms with E-state index in [-0.39, 0.29) is 19.8 Å². The molecular formula is C36H46GaN4. The fraction of sp³-hybridized carbons (Fsp3) is 0.444. The fourth-order valence-corrected chi connectivity index (χ4v) is 7.07. The third kappa shape index (κ3) is 5.21. The Kier molecular flexibility index (Phi) is 9.92. The van der Waals surface area contributed by atoms with Crippen LogP contribution in [0.5, 0.6) is 0 Å². The van der Waals surface area contributed by atoms with Crippen molar-refractivity contribution in [2.45, 2.75) is 107 Å². The molecule has 2 aliphatic rings. The first-order valence-corrected chi connectivity index (χ1v) is 15.7. The van der Waals surface area contributed by atoms with Crippen molar-refractivity contribution in [3.05, 3.63) is 69.3 Å². The summed E-state index contributed by atoms with van der Waals surface area (Å²) >= 11 is 0. The van der Waals surface area contributed by atoms with Crippen molar-refractivity contribution in [3.63, 3.8) is 0 Å². The molecule has 0 saturated heterocycles. The summed E-state index contributed by atoms with van der Waals surface area (Å²) in [4.78, 5) is 18.5. The van der Waals surface area contributed by atoms with E-state index in [9.17, 15) is 0 Å². The molecule has 5 heteroatoms. The maximum atomic E-state index is 5.57. The first kappa shape index (κ1) is 31.2. The molecule has 3 aromatic heterocycles. The average molecular weight is 605 g/mol. The van der Waals surface area contributed by atoms with Crippen molar-refractivity contribution < 1.29 is 0 Å². The van der Waals surface area contributed by atoms with Gasteiger partial charge >= 0.3 is 0 Å². The van der Waals surface area contributed by atoms with Crippen molar-refractivity contribution in [2.24, 2.45) is 0 Å². The number of nitrogens with zero attached hydrogens (tertiary/aromatic N) is 2. The number of nitrogens with one attached hydrogen (secondary N) is 2.